The summed E-state index contributed by atoms with van der Waals surface area (Å²) in [6.07, 6.45) is 0.700. The van der Waals surface area contributed by atoms with Crippen LogP contribution in [0.5, 0.6) is 11.5 Å². The third-order valence-corrected chi connectivity index (χ3v) is 2.14. The molecule has 4 nitrogen and oxygen atoms in total. The molecule has 0 aliphatic carbocycles. The van der Waals surface area contributed by atoms with Crippen molar-refractivity contribution in [3.8, 4) is 17.6 Å². The second-order valence-corrected chi connectivity index (χ2v) is 3.01. The Bertz CT molecular complexity index is 388. The lowest BCUT2D eigenvalue weighted by Crippen LogP contribution is -2.05. The highest BCUT2D eigenvalue weighted by Gasteiger charge is 2.09. The van der Waals surface area contributed by atoms with Crippen LogP contribution in [-0.2, 0) is 6.42 Å². The van der Waals surface area contributed by atoms with E-state index in [1.165, 1.54) is 7.11 Å². The van der Waals surface area contributed by atoms with Gasteiger partial charge in [0, 0.05) is 6.07 Å². The van der Waals surface area contributed by atoms with Crippen LogP contribution in [0.1, 0.15) is 11.1 Å². The summed E-state index contributed by atoms with van der Waals surface area (Å²) in [5.41, 5.74) is 6.91. The van der Waals surface area contributed by atoms with Gasteiger partial charge in [0.25, 0.3) is 0 Å². The van der Waals surface area contributed by atoms with Gasteiger partial charge in [-0.15, -0.1) is 12.4 Å². The number of methoxy groups -OCH3 is 2. The van der Waals surface area contributed by atoms with Crippen molar-refractivity contribution in [2.75, 3.05) is 20.8 Å². The highest BCUT2D eigenvalue weighted by molar-refractivity contribution is 5.85. The molecular weight excluding hydrogens is 228 g/mol. The minimum Gasteiger partial charge on any atom is -0.496 e. The summed E-state index contributed by atoms with van der Waals surface area (Å²) in [4.78, 5) is 0. The average molecular weight is 243 g/mol. The lowest BCUT2D eigenvalue weighted by atomic mass is 10.1. The van der Waals surface area contributed by atoms with Crippen LogP contribution in [0.15, 0.2) is 12.1 Å². The standard InChI is InChI=1S/C11H14N2O2.ClH/c1-14-10-6-9(7-13)11(15-2)5-8(10)3-4-12;/h5-6H,3-4,12H2,1-2H3;1H. The number of nitriles is 1. The summed E-state index contributed by atoms with van der Waals surface area (Å²) in [7, 11) is 3.11. The van der Waals surface area contributed by atoms with Gasteiger partial charge in [0.1, 0.15) is 17.6 Å². The molecule has 0 bridgehead atoms. The largest absolute Gasteiger partial charge is 0.496 e. The van der Waals surface area contributed by atoms with E-state index in [1.54, 1.807) is 19.2 Å². The minimum absolute atomic E-state index is 0. The topological polar surface area (TPSA) is 68.3 Å². The van der Waals surface area contributed by atoms with Crippen LogP contribution in [0, 0.1) is 11.3 Å². The fourth-order valence-electron chi connectivity index (χ4n) is 1.40. The zero-order valence-electron chi connectivity index (χ0n) is 9.32. The van der Waals surface area contributed by atoms with Gasteiger partial charge in [0.2, 0.25) is 0 Å². The Morgan fingerprint density at radius 3 is 2.31 bits per heavy atom. The Morgan fingerprint density at radius 1 is 1.25 bits per heavy atom. The Hall–Kier alpha value is -1.44. The van der Waals surface area contributed by atoms with Crippen LogP contribution in [0.3, 0.4) is 0 Å². The zero-order chi connectivity index (χ0) is 11.3. The first-order valence-corrected chi connectivity index (χ1v) is 4.61. The van der Waals surface area contributed by atoms with E-state index >= 15 is 0 Å². The van der Waals surface area contributed by atoms with Gasteiger partial charge in [0.05, 0.1) is 19.8 Å². The SMILES string of the molecule is COc1cc(CCN)c(OC)cc1C#N.Cl. The molecule has 5 heteroatoms. The smallest absolute Gasteiger partial charge is 0.137 e. The van der Waals surface area contributed by atoms with Crippen LogP contribution in [0.2, 0.25) is 0 Å². The molecule has 0 heterocycles. The average Bonchev–Trinajstić information content (AvgIpc) is 2.28. The van der Waals surface area contributed by atoms with Crippen molar-refractivity contribution in [3.63, 3.8) is 0 Å². The van der Waals surface area contributed by atoms with E-state index in [1.807, 2.05) is 0 Å². The van der Waals surface area contributed by atoms with Crippen LogP contribution < -0.4 is 15.2 Å². The number of ether oxygens (including phenoxy) is 2. The van der Waals surface area contributed by atoms with Gasteiger partial charge < -0.3 is 15.2 Å². The molecule has 16 heavy (non-hydrogen) atoms. The third-order valence-electron chi connectivity index (χ3n) is 2.14. The van der Waals surface area contributed by atoms with Crippen molar-refractivity contribution in [2.45, 2.75) is 6.42 Å². The summed E-state index contributed by atoms with van der Waals surface area (Å²) in [5, 5.41) is 8.88. The molecule has 0 atom stereocenters. The quantitative estimate of drug-likeness (QED) is 0.869. The fourth-order valence-corrected chi connectivity index (χ4v) is 1.40. The molecule has 0 aliphatic rings. The molecule has 88 valence electrons. The van der Waals surface area contributed by atoms with Crippen LogP contribution in [-0.4, -0.2) is 20.8 Å². The second-order valence-electron chi connectivity index (χ2n) is 3.01. The van der Waals surface area contributed by atoms with E-state index < -0.39 is 0 Å². The number of nitrogens with zero attached hydrogens (tertiary/aromatic N) is 1. The van der Waals surface area contributed by atoms with E-state index in [0.29, 0.717) is 30.0 Å². The first kappa shape index (κ1) is 14.6. The van der Waals surface area contributed by atoms with Crippen molar-refractivity contribution in [2.24, 2.45) is 5.73 Å². The number of hydrogen-bond acceptors (Lipinski definition) is 4. The molecule has 0 saturated heterocycles. The van der Waals surface area contributed by atoms with Crippen molar-refractivity contribution >= 4 is 12.4 Å². The van der Waals surface area contributed by atoms with Gasteiger partial charge >= 0.3 is 0 Å². The van der Waals surface area contributed by atoms with Crippen LogP contribution in [0.25, 0.3) is 0 Å². The zero-order valence-corrected chi connectivity index (χ0v) is 10.1. The van der Waals surface area contributed by atoms with Gasteiger partial charge in [-0.1, -0.05) is 0 Å². The molecule has 1 aromatic rings. The Labute approximate surface area is 101 Å². The van der Waals surface area contributed by atoms with Gasteiger partial charge in [-0.25, -0.2) is 0 Å². The first-order chi connectivity index (χ1) is 7.26. The first-order valence-electron chi connectivity index (χ1n) is 4.61. The van der Waals surface area contributed by atoms with E-state index in [9.17, 15) is 0 Å². The molecule has 0 spiro atoms. The van der Waals surface area contributed by atoms with E-state index in [4.69, 9.17) is 20.5 Å². The van der Waals surface area contributed by atoms with Crippen LogP contribution in [0.4, 0.5) is 0 Å². The predicted octanol–water partition coefficient (Wildman–Crippen LogP) is 1.50. The number of rotatable bonds is 4. The van der Waals surface area contributed by atoms with Gasteiger partial charge in [0.15, 0.2) is 0 Å². The van der Waals surface area contributed by atoms with Gasteiger partial charge in [-0.2, -0.15) is 5.26 Å². The molecule has 0 amide bonds. The Balaban J connectivity index is 0.00000225. The van der Waals surface area contributed by atoms with Crippen molar-refractivity contribution < 1.29 is 9.47 Å². The minimum atomic E-state index is 0. The molecular formula is C11H15ClN2O2. The van der Waals surface area contributed by atoms with Gasteiger partial charge in [-0.3, -0.25) is 0 Å². The highest BCUT2D eigenvalue weighted by Crippen LogP contribution is 2.28. The summed E-state index contributed by atoms with van der Waals surface area (Å²) in [6.45, 7) is 0.533. The summed E-state index contributed by atoms with van der Waals surface area (Å²) < 4.78 is 10.3. The molecule has 0 radical (unpaired) electrons. The summed E-state index contributed by atoms with van der Waals surface area (Å²) in [6, 6.07) is 5.52. The van der Waals surface area contributed by atoms with Gasteiger partial charge in [-0.05, 0) is 24.6 Å². The Morgan fingerprint density at radius 2 is 1.88 bits per heavy atom. The van der Waals surface area contributed by atoms with E-state index in [0.717, 1.165) is 5.56 Å². The number of halogens is 1. The third kappa shape index (κ3) is 3.02. The lowest BCUT2D eigenvalue weighted by Gasteiger charge is -2.11. The maximum atomic E-state index is 8.88. The summed E-state index contributed by atoms with van der Waals surface area (Å²) >= 11 is 0. The molecule has 0 aliphatic heterocycles. The normalized spacial score (nSPS) is 8.88. The number of benzene rings is 1. The lowest BCUT2D eigenvalue weighted by molar-refractivity contribution is 0.398. The maximum absolute atomic E-state index is 8.88. The molecule has 0 fully saturated rings. The monoisotopic (exact) mass is 242 g/mol. The second kappa shape index (κ2) is 6.94. The molecule has 1 aromatic carbocycles. The number of nitrogens with two attached hydrogens (primary N) is 1. The molecule has 1 rings (SSSR count). The highest BCUT2D eigenvalue weighted by atomic mass is 35.5. The predicted molar refractivity (Wildman–Crippen MR) is 64.3 cm³/mol. The Kier molecular flexibility index (Phi) is 6.31. The number of hydrogen-bond donors (Lipinski definition) is 1. The summed E-state index contributed by atoms with van der Waals surface area (Å²) in [5.74, 6) is 1.24. The molecule has 0 saturated carbocycles. The van der Waals surface area contributed by atoms with Crippen molar-refractivity contribution in [1.82, 2.24) is 0 Å². The van der Waals surface area contributed by atoms with Crippen molar-refractivity contribution in [3.05, 3.63) is 23.3 Å². The molecule has 2 N–H and O–H groups in total. The fraction of sp³-hybridized carbons (Fsp3) is 0.364. The van der Waals surface area contributed by atoms with E-state index in [2.05, 4.69) is 6.07 Å². The maximum Gasteiger partial charge on any atom is 0.137 e. The molecule has 0 aromatic heterocycles. The van der Waals surface area contributed by atoms with Crippen LogP contribution >= 0.6 is 12.4 Å². The van der Waals surface area contributed by atoms with E-state index in [-0.39, 0.29) is 12.4 Å². The van der Waals surface area contributed by atoms with Crippen molar-refractivity contribution in [1.29, 1.82) is 5.26 Å². The molecule has 0 unspecified atom stereocenters.